The molecule has 42 heavy (non-hydrogen) atoms. The standard InChI is InChI=1S/C30H31N6O5P/c1-2-30-16-38-24(25(30)41-42-36-15-9-14-21(36)23(40-42)19-10-5-3-6-11-19)29(39-30)35-18-33-22-26(31-17-32-27(22)35)34-28(37)20-12-7-4-8-13-20/h3-8,10-13,17-18,21,23-25,29H,2,9,14-16H2,1H3,(H,31,32,34,37)/t21-,23+,24?,25-,29-,30+,42+/m1/s1. The van der Waals surface area contributed by atoms with Crippen LogP contribution in [0.15, 0.2) is 73.3 Å². The van der Waals surface area contributed by atoms with Crippen LogP contribution < -0.4 is 5.32 Å². The number of fused-ring (bicyclic) bond motifs is 4. The van der Waals surface area contributed by atoms with Crippen molar-refractivity contribution in [2.75, 3.05) is 18.5 Å². The van der Waals surface area contributed by atoms with Gasteiger partial charge in [-0.3, -0.25) is 9.36 Å². The van der Waals surface area contributed by atoms with Crippen molar-refractivity contribution < 1.29 is 23.3 Å². The zero-order valence-corrected chi connectivity index (χ0v) is 24.0. The first kappa shape index (κ1) is 26.3. The molecule has 2 aromatic carbocycles. The lowest BCUT2D eigenvalue weighted by molar-refractivity contribution is -0.172. The van der Waals surface area contributed by atoms with Crippen LogP contribution in [0.2, 0.25) is 0 Å². The van der Waals surface area contributed by atoms with E-state index in [0.717, 1.165) is 25.8 Å². The maximum absolute atomic E-state index is 12.8. The van der Waals surface area contributed by atoms with Gasteiger partial charge in [0.15, 0.2) is 23.2 Å². The largest absolute Gasteiger partial charge is 0.368 e. The topological polar surface area (TPSA) is 113 Å². The van der Waals surface area contributed by atoms with E-state index in [4.69, 9.17) is 18.5 Å². The molecule has 4 aliphatic heterocycles. The molecule has 2 aromatic heterocycles. The summed E-state index contributed by atoms with van der Waals surface area (Å²) in [5.74, 6) is 0.0699. The fourth-order valence-electron chi connectivity index (χ4n) is 6.63. The minimum atomic E-state index is -1.28. The van der Waals surface area contributed by atoms with Gasteiger partial charge in [-0.05, 0) is 37.0 Å². The number of hydrogen-bond acceptors (Lipinski definition) is 9. The molecule has 11 nitrogen and oxygen atoms in total. The highest BCUT2D eigenvalue weighted by Gasteiger charge is 2.64. The summed E-state index contributed by atoms with van der Waals surface area (Å²) < 4.78 is 30.9. The second-order valence-electron chi connectivity index (χ2n) is 11.1. The summed E-state index contributed by atoms with van der Waals surface area (Å²) in [6.45, 7) is 3.51. The summed E-state index contributed by atoms with van der Waals surface area (Å²) in [6.07, 6.45) is 4.84. The average Bonchev–Trinajstić information content (AvgIpc) is 3.86. The summed E-state index contributed by atoms with van der Waals surface area (Å²) in [7, 11) is -1.28. The van der Waals surface area contributed by atoms with Gasteiger partial charge in [0.25, 0.3) is 14.4 Å². The van der Waals surface area contributed by atoms with E-state index in [2.05, 4.69) is 56.1 Å². The molecule has 2 bridgehead atoms. The van der Waals surface area contributed by atoms with Crippen molar-refractivity contribution in [3.8, 4) is 0 Å². The monoisotopic (exact) mass is 586 g/mol. The third kappa shape index (κ3) is 4.18. The van der Waals surface area contributed by atoms with Gasteiger partial charge in [0, 0.05) is 18.2 Å². The number of benzene rings is 2. The van der Waals surface area contributed by atoms with Crippen LogP contribution in [0.1, 0.15) is 54.4 Å². The molecular formula is C30H31N6O5P. The Kier molecular flexibility index (Phi) is 6.55. The first-order valence-electron chi connectivity index (χ1n) is 14.4. The lowest BCUT2D eigenvalue weighted by Crippen LogP contribution is -2.41. The molecule has 4 aliphatic rings. The Morgan fingerprint density at radius 3 is 2.74 bits per heavy atom. The zero-order chi connectivity index (χ0) is 28.3. The van der Waals surface area contributed by atoms with E-state index < -0.39 is 20.4 Å². The molecule has 4 aromatic rings. The molecule has 8 rings (SSSR count). The molecule has 0 saturated carbocycles. The van der Waals surface area contributed by atoms with Gasteiger partial charge in [0.2, 0.25) is 0 Å². The van der Waals surface area contributed by atoms with Gasteiger partial charge in [-0.1, -0.05) is 55.5 Å². The maximum Gasteiger partial charge on any atom is 0.260 e. The minimum absolute atomic E-state index is 0.00659. The number of rotatable bonds is 7. The quantitative estimate of drug-likeness (QED) is 0.299. The third-order valence-electron chi connectivity index (χ3n) is 8.84. The first-order chi connectivity index (χ1) is 20.6. The SMILES string of the molecule is CC[C@@]12COC([C@H](n3cnc4c(NC(=O)c5ccccc5)ncnc43)O1)[C@H]2O[P@]1O[C@@H](c2ccccc2)[C@H]2CCCN21. The molecular weight excluding hydrogens is 555 g/mol. The number of carbonyl (C=O) groups is 1. The molecule has 1 amide bonds. The second-order valence-corrected chi connectivity index (χ2v) is 12.6. The van der Waals surface area contributed by atoms with Gasteiger partial charge in [0.05, 0.1) is 12.9 Å². The molecule has 0 aliphatic carbocycles. The van der Waals surface area contributed by atoms with E-state index in [1.165, 1.54) is 11.9 Å². The van der Waals surface area contributed by atoms with E-state index in [0.29, 0.717) is 35.2 Å². The van der Waals surface area contributed by atoms with E-state index in [9.17, 15) is 4.79 Å². The van der Waals surface area contributed by atoms with Crippen LogP contribution in [0.4, 0.5) is 5.82 Å². The molecule has 1 N–H and O–H groups in total. The molecule has 7 atom stereocenters. The van der Waals surface area contributed by atoms with Crippen molar-refractivity contribution in [3.05, 3.63) is 84.4 Å². The number of nitrogens with zero attached hydrogens (tertiary/aromatic N) is 5. The Labute approximate surface area is 244 Å². The van der Waals surface area contributed by atoms with Gasteiger partial charge in [-0.25, -0.2) is 19.6 Å². The summed E-state index contributed by atoms with van der Waals surface area (Å²) in [6, 6.07) is 19.7. The van der Waals surface area contributed by atoms with E-state index in [-0.39, 0.29) is 24.2 Å². The van der Waals surface area contributed by atoms with E-state index >= 15 is 0 Å². The lowest BCUT2D eigenvalue weighted by atomic mass is 9.96. The van der Waals surface area contributed by atoms with Gasteiger partial charge < -0.3 is 23.8 Å². The Bertz CT molecular complexity index is 1610. The van der Waals surface area contributed by atoms with Crippen molar-refractivity contribution in [3.63, 3.8) is 0 Å². The van der Waals surface area contributed by atoms with E-state index in [1.54, 1.807) is 18.5 Å². The Hall–Kier alpha value is -3.31. The second kappa shape index (κ2) is 10.4. The lowest BCUT2D eigenvalue weighted by Gasteiger charge is -2.31. The average molecular weight is 587 g/mol. The Morgan fingerprint density at radius 2 is 1.93 bits per heavy atom. The normalized spacial score (nSPS) is 32.0. The predicted octanol–water partition coefficient (Wildman–Crippen LogP) is 5.00. The highest BCUT2D eigenvalue weighted by atomic mass is 31.2. The summed E-state index contributed by atoms with van der Waals surface area (Å²) in [5, 5.41) is 2.87. The van der Waals surface area contributed by atoms with Crippen LogP contribution in [0.25, 0.3) is 11.2 Å². The van der Waals surface area contributed by atoms with Crippen LogP contribution >= 0.6 is 8.53 Å². The van der Waals surface area contributed by atoms with Crippen LogP contribution in [-0.4, -0.2) is 67.1 Å². The first-order valence-corrected chi connectivity index (χ1v) is 15.6. The maximum atomic E-state index is 12.8. The number of amides is 1. The molecule has 1 unspecified atom stereocenters. The number of ether oxygens (including phenoxy) is 2. The number of imidazole rings is 1. The Balaban J connectivity index is 1.06. The number of anilines is 1. The van der Waals surface area contributed by atoms with Gasteiger partial charge in [-0.15, -0.1) is 0 Å². The predicted molar refractivity (Wildman–Crippen MR) is 154 cm³/mol. The van der Waals surface area contributed by atoms with Crippen molar-refractivity contribution in [2.45, 2.75) is 62.4 Å². The van der Waals surface area contributed by atoms with Crippen molar-refractivity contribution in [1.29, 1.82) is 0 Å². The smallest absolute Gasteiger partial charge is 0.260 e. The summed E-state index contributed by atoms with van der Waals surface area (Å²) >= 11 is 0. The van der Waals surface area contributed by atoms with Crippen molar-refractivity contribution in [1.82, 2.24) is 24.2 Å². The molecule has 6 heterocycles. The van der Waals surface area contributed by atoms with Crippen molar-refractivity contribution in [2.24, 2.45) is 0 Å². The highest BCUT2D eigenvalue weighted by molar-refractivity contribution is 7.45. The molecule has 12 heteroatoms. The van der Waals surface area contributed by atoms with Crippen molar-refractivity contribution >= 4 is 31.4 Å². The molecule has 4 saturated heterocycles. The molecule has 0 spiro atoms. The highest BCUT2D eigenvalue weighted by Crippen LogP contribution is 2.63. The molecule has 4 fully saturated rings. The Morgan fingerprint density at radius 1 is 1.12 bits per heavy atom. The fraction of sp³-hybridized carbons (Fsp3) is 0.400. The van der Waals surface area contributed by atoms with E-state index in [1.807, 2.05) is 28.8 Å². The molecule has 216 valence electrons. The van der Waals surface area contributed by atoms with Crippen LogP contribution in [0.5, 0.6) is 0 Å². The van der Waals surface area contributed by atoms with Crippen LogP contribution in [-0.2, 0) is 18.5 Å². The number of hydrogen-bond donors (Lipinski definition) is 1. The van der Waals surface area contributed by atoms with Gasteiger partial charge in [-0.2, -0.15) is 0 Å². The van der Waals surface area contributed by atoms with Gasteiger partial charge >= 0.3 is 0 Å². The zero-order valence-electron chi connectivity index (χ0n) is 23.1. The number of nitrogens with one attached hydrogen (secondary N) is 1. The molecule has 0 radical (unpaired) electrons. The summed E-state index contributed by atoms with van der Waals surface area (Å²) in [4.78, 5) is 26.2. The third-order valence-corrected chi connectivity index (χ3v) is 10.6. The number of aromatic nitrogens is 4. The van der Waals surface area contributed by atoms with Crippen LogP contribution in [0.3, 0.4) is 0 Å². The summed E-state index contributed by atoms with van der Waals surface area (Å²) in [5.41, 5.74) is 2.13. The minimum Gasteiger partial charge on any atom is -0.368 e. The van der Waals surface area contributed by atoms with Gasteiger partial charge in [0.1, 0.15) is 30.2 Å². The van der Waals surface area contributed by atoms with Crippen LogP contribution in [0, 0.1) is 0 Å². The number of carbonyl (C=O) groups excluding carboxylic acids is 1. The fourth-order valence-corrected chi connectivity index (χ4v) is 8.67.